The maximum Gasteiger partial charge on any atom is 0.119 e. The average molecular weight is 369 g/mol. The van der Waals surface area contributed by atoms with Crippen LogP contribution in [0.25, 0.3) is 0 Å². The van der Waals surface area contributed by atoms with Crippen molar-refractivity contribution in [3.8, 4) is 5.75 Å². The molecule has 0 radical (unpaired) electrons. The Morgan fingerprint density at radius 1 is 1.19 bits per heavy atom. The van der Waals surface area contributed by atoms with Gasteiger partial charge in [-0.25, -0.2) is 0 Å². The van der Waals surface area contributed by atoms with E-state index in [9.17, 15) is 0 Å². The first kappa shape index (κ1) is 16.3. The first-order chi connectivity index (χ1) is 10.1. The maximum atomic E-state index is 6.30. The molecular formula is C17H19BrClNO. The lowest BCUT2D eigenvalue weighted by Gasteiger charge is -2.17. The lowest BCUT2D eigenvalue weighted by atomic mass is 9.99. The molecule has 0 aliphatic heterocycles. The second-order valence-electron chi connectivity index (χ2n) is 4.98. The van der Waals surface area contributed by atoms with Crippen LogP contribution in [0.1, 0.15) is 11.1 Å². The molecule has 0 spiro atoms. The highest BCUT2D eigenvalue weighted by molar-refractivity contribution is 9.10. The lowest BCUT2D eigenvalue weighted by molar-refractivity contribution is 0.414. The lowest BCUT2D eigenvalue weighted by Crippen LogP contribution is -2.30. The van der Waals surface area contributed by atoms with Gasteiger partial charge in [-0.3, -0.25) is 0 Å². The molecule has 0 bridgehead atoms. The minimum absolute atomic E-state index is 0.329. The van der Waals surface area contributed by atoms with E-state index in [2.05, 4.69) is 39.4 Å². The third kappa shape index (κ3) is 4.73. The molecule has 0 aliphatic rings. The van der Waals surface area contributed by atoms with Crippen molar-refractivity contribution < 1.29 is 4.74 Å². The average Bonchev–Trinajstić information content (AvgIpc) is 2.49. The van der Waals surface area contributed by atoms with E-state index in [1.807, 2.05) is 31.3 Å². The van der Waals surface area contributed by atoms with Crippen molar-refractivity contribution in [2.75, 3.05) is 14.2 Å². The predicted molar refractivity (Wildman–Crippen MR) is 92.4 cm³/mol. The highest BCUT2D eigenvalue weighted by Crippen LogP contribution is 2.23. The van der Waals surface area contributed by atoms with Gasteiger partial charge in [0.05, 0.1) is 7.11 Å². The van der Waals surface area contributed by atoms with Gasteiger partial charge in [0.2, 0.25) is 0 Å². The molecule has 0 fully saturated rings. The van der Waals surface area contributed by atoms with Crippen molar-refractivity contribution in [1.82, 2.24) is 5.32 Å². The summed E-state index contributed by atoms with van der Waals surface area (Å²) in [6, 6.07) is 14.5. The standard InChI is InChI=1S/C17H19BrClNO/c1-20-15(8-12-4-3-5-16(9-12)21-2)10-13-6-7-14(18)11-17(13)19/h3-7,9,11,15,20H,8,10H2,1-2H3. The summed E-state index contributed by atoms with van der Waals surface area (Å²) in [6.07, 6.45) is 1.82. The molecule has 2 aromatic rings. The molecule has 21 heavy (non-hydrogen) atoms. The fourth-order valence-corrected chi connectivity index (χ4v) is 3.06. The fourth-order valence-electron chi connectivity index (χ4n) is 2.31. The van der Waals surface area contributed by atoms with Gasteiger partial charge in [-0.2, -0.15) is 0 Å². The molecular weight excluding hydrogens is 350 g/mol. The predicted octanol–water partition coefficient (Wildman–Crippen LogP) is 4.48. The molecule has 0 aromatic heterocycles. The highest BCUT2D eigenvalue weighted by atomic mass is 79.9. The van der Waals surface area contributed by atoms with Crippen LogP contribution in [0.4, 0.5) is 0 Å². The summed E-state index contributed by atoms with van der Waals surface area (Å²) < 4.78 is 6.28. The molecule has 0 saturated heterocycles. The highest BCUT2D eigenvalue weighted by Gasteiger charge is 2.11. The molecule has 0 heterocycles. The molecule has 2 nitrogen and oxygen atoms in total. The first-order valence-electron chi connectivity index (χ1n) is 6.86. The second-order valence-corrected chi connectivity index (χ2v) is 6.30. The van der Waals surface area contributed by atoms with Crippen LogP contribution in [0.3, 0.4) is 0 Å². The number of nitrogens with one attached hydrogen (secondary N) is 1. The minimum atomic E-state index is 0.329. The molecule has 0 saturated carbocycles. The number of rotatable bonds is 6. The van der Waals surface area contributed by atoms with Gasteiger partial charge in [0.15, 0.2) is 0 Å². The van der Waals surface area contributed by atoms with E-state index in [4.69, 9.17) is 16.3 Å². The molecule has 4 heteroatoms. The third-order valence-corrected chi connectivity index (χ3v) is 4.35. The number of halogens is 2. The van der Waals surface area contributed by atoms with Crippen LogP contribution in [0, 0.1) is 0 Å². The van der Waals surface area contributed by atoms with E-state index < -0.39 is 0 Å². The summed E-state index contributed by atoms with van der Waals surface area (Å²) in [6.45, 7) is 0. The Hall–Kier alpha value is -1.03. The topological polar surface area (TPSA) is 21.3 Å². The number of benzene rings is 2. The molecule has 1 unspecified atom stereocenters. The van der Waals surface area contributed by atoms with E-state index in [0.717, 1.165) is 33.6 Å². The minimum Gasteiger partial charge on any atom is -0.497 e. The summed E-state index contributed by atoms with van der Waals surface area (Å²) >= 11 is 9.74. The van der Waals surface area contributed by atoms with Gasteiger partial charge in [0.1, 0.15) is 5.75 Å². The normalized spacial score (nSPS) is 12.2. The third-order valence-electron chi connectivity index (χ3n) is 3.51. The van der Waals surface area contributed by atoms with Crippen LogP contribution >= 0.6 is 27.5 Å². The van der Waals surface area contributed by atoms with Crippen molar-refractivity contribution in [3.05, 3.63) is 63.1 Å². The van der Waals surface area contributed by atoms with Crippen molar-refractivity contribution in [2.45, 2.75) is 18.9 Å². The van der Waals surface area contributed by atoms with Crippen LogP contribution in [0.15, 0.2) is 46.9 Å². The van der Waals surface area contributed by atoms with Crippen LogP contribution < -0.4 is 10.1 Å². The Labute approximate surface area is 139 Å². The Morgan fingerprint density at radius 2 is 2.00 bits per heavy atom. The molecule has 112 valence electrons. The van der Waals surface area contributed by atoms with Crippen LogP contribution in [-0.4, -0.2) is 20.2 Å². The van der Waals surface area contributed by atoms with Crippen LogP contribution in [-0.2, 0) is 12.8 Å². The number of hydrogen-bond donors (Lipinski definition) is 1. The van der Waals surface area contributed by atoms with E-state index >= 15 is 0 Å². The largest absolute Gasteiger partial charge is 0.497 e. The second kappa shape index (κ2) is 7.83. The van der Waals surface area contributed by atoms with E-state index in [1.54, 1.807) is 7.11 Å². The van der Waals surface area contributed by atoms with Crippen molar-refractivity contribution >= 4 is 27.5 Å². The quantitative estimate of drug-likeness (QED) is 0.811. The van der Waals surface area contributed by atoms with Gasteiger partial charge < -0.3 is 10.1 Å². The van der Waals surface area contributed by atoms with Gasteiger partial charge in [0.25, 0.3) is 0 Å². The van der Waals surface area contributed by atoms with E-state index in [1.165, 1.54) is 5.56 Å². The molecule has 1 atom stereocenters. The van der Waals surface area contributed by atoms with Gasteiger partial charge in [0, 0.05) is 15.5 Å². The van der Waals surface area contributed by atoms with E-state index in [0.29, 0.717) is 6.04 Å². The van der Waals surface area contributed by atoms with E-state index in [-0.39, 0.29) is 0 Å². The summed E-state index contributed by atoms with van der Waals surface area (Å²) in [5, 5.41) is 4.17. The monoisotopic (exact) mass is 367 g/mol. The van der Waals surface area contributed by atoms with Gasteiger partial charge >= 0.3 is 0 Å². The van der Waals surface area contributed by atoms with Gasteiger partial charge in [-0.15, -0.1) is 0 Å². The molecule has 1 N–H and O–H groups in total. The smallest absolute Gasteiger partial charge is 0.119 e. The number of likely N-dealkylation sites (N-methyl/N-ethyl adjacent to an activating group) is 1. The molecule has 2 aromatic carbocycles. The Bertz CT molecular complexity index is 603. The van der Waals surface area contributed by atoms with Gasteiger partial charge in [-0.05, 0) is 55.3 Å². The molecule has 2 rings (SSSR count). The maximum absolute atomic E-state index is 6.30. The summed E-state index contributed by atoms with van der Waals surface area (Å²) in [4.78, 5) is 0. The Balaban J connectivity index is 2.09. The molecule has 0 aliphatic carbocycles. The zero-order valence-electron chi connectivity index (χ0n) is 12.2. The number of hydrogen-bond acceptors (Lipinski definition) is 2. The summed E-state index contributed by atoms with van der Waals surface area (Å²) in [7, 11) is 3.67. The Kier molecular flexibility index (Phi) is 6.09. The van der Waals surface area contributed by atoms with Crippen LogP contribution in [0.2, 0.25) is 5.02 Å². The first-order valence-corrected chi connectivity index (χ1v) is 8.03. The fraction of sp³-hybridized carbons (Fsp3) is 0.294. The Morgan fingerprint density at radius 3 is 2.67 bits per heavy atom. The number of methoxy groups -OCH3 is 1. The SMILES string of the molecule is CNC(Cc1cccc(OC)c1)Cc1ccc(Br)cc1Cl. The summed E-state index contributed by atoms with van der Waals surface area (Å²) in [5.41, 5.74) is 2.41. The zero-order valence-corrected chi connectivity index (χ0v) is 14.5. The van der Waals surface area contributed by atoms with Crippen molar-refractivity contribution in [3.63, 3.8) is 0 Å². The molecule has 0 amide bonds. The van der Waals surface area contributed by atoms with Crippen molar-refractivity contribution in [2.24, 2.45) is 0 Å². The zero-order chi connectivity index (χ0) is 15.2. The van der Waals surface area contributed by atoms with Gasteiger partial charge in [-0.1, -0.05) is 45.7 Å². The van der Waals surface area contributed by atoms with Crippen LogP contribution in [0.5, 0.6) is 5.75 Å². The number of ether oxygens (including phenoxy) is 1. The van der Waals surface area contributed by atoms with Crippen molar-refractivity contribution in [1.29, 1.82) is 0 Å². The summed E-state index contributed by atoms with van der Waals surface area (Å²) in [5.74, 6) is 0.893.